The molecule has 0 amide bonds. The molecule has 0 unspecified atom stereocenters. The molecule has 0 heterocycles. The number of methoxy groups -OCH3 is 1. The standard InChI is InChI=1S/C18H19NO2/c1-13-8-7-11-16(12-13)19-17(14(2)18(20)21-3)15-9-5-4-6-10-15/h4-12,17,19H,2H2,1,3H3/t17-/m0/s1. The summed E-state index contributed by atoms with van der Waals surface area (Å²) in [6, 6.07) is 17.4. The number of carbonyl (C=O) groups is 1. The van der Waals surface area contributed by atoms with Crippen molar-refractivity contribution >= 4 is 11.7 Å². The third kappa shape index (κ3) is 3.72. The van der Waals surface area contributed by atoms with Crippen LogP contribution in [0.15, 0.2) is 66.7 Å². The van der Waals surface area contributed by atoms with E-state index in [2.05, 4.69) is 11.9 Å². The van der Waals surface area contributed by atoms with E-state index in [1.165, 1.54) is 7.11 Å². The van der Waals surface area contributed by atoms with Gasteiger partial charge in [-0.25, -0.2) is 4.79 Å². The zero-order chi connectivity index (χ0) is 15.2. The van der Waals surface area contributed by atoms with E-state index in [0.29, 0.717) is 5.57 Å². The molecule has 0 aliphatic carbocycles. The molecule has 21 heavy (non-hydrogen) atoms. The van der Waals surface area contributed by atoms with Crippen LogP contribution in [0.3, 0.4) is 0 Å². The molecule has 0 aromatic heterocycles. The van der Waals surface area contributed by atoms with E-state index < -0.39 is 5.97 Å². The highest BCUT2D eigenvalue weighted by Gasteiger charge is 2.21. The molecule has 0 spiro atoms. The number of benzene rings is 2. The predicted molar refractivity (Wildman–Crippen MR) is 85.1 cm³/mol. The molecule has 1 atom stereocenters. The van der Waals surface area contributed by atoms with Gasteiger partial charge in [-0.15, -0.1) is 0 Å². The van der Waals surface area contributed by atoms with Crippen LogP contribution in [0, 0.1) is 6.92 Å². The number of aryl methyl sites for hydroxylation is 1. The van der Waals surface area contributed by atoms with Crippen LogP contribution in [0.4, 0.5) is 5.69 Å². The third-order valence-corrected chi connectivity index (χ3v) is 3.26. The van der Waals surface area contributed by atoms with Crippen molar-refractivity contribution < 1.29 is 9.53 Å². The summed E-state index contributed by atoms with van der Waals surface area (Å²) in [7, 11) is 1.36. The second-order valence-electron chi connectivity index (χ2n) is 4.87. The van der Waals surface area contributed by atoms with Crippen LogP contribution in [-0.4, -0.2) is 13.1 Å². The molecule has 0 saturated heterocycles. The number of ether oxygens (including phenoxy) is 1. The first-order chi connectivity index (χ1) is 10.1. The fraction of sp³-hybridized carbons (Fsp3) is 0.167. The zero-order valence-corrected chi connectivity index (χ0v) is 12.3. The summed E-state index contributed by atoms with van der Waals surface area (Å²) in [5.41, 5.74) is 3.43. The first-order valence-electron chi connectivity index (χ1n) is 6.77. The van der Waals surface area contributed by atoms with E-state index in [-0.39, 0.29) is 6.04 Å². The summed E-state index contributed by atoms with van der Waals surface area (Å²) in [4.78, 5) is 11.8. The van der Waals surface area contributed by atoms with Crippen molar-refractivity contribution in [3.05, 3.63) is 77.9 Å². The van der Waals surface area contributed by atoms with Gasteiger partial charge in [-0.1, -0.05) is 49.0 Å². The number of esters is 1. The Morgan fingerprint density at radius 1 is 1.14 bits per heavy atom. The number of nitrogens with one attached hydrogen (secondary N) is 1. The molecule has 0 aliphatic rings. The summed E-state index contributed by atoms with van der Waals surface area (Å²) >= 11 is 0. The molecular formula is C18H19NO2. The zero-order valence-electron chi connectivity index (χ0n) is 12.3. The van der Waals surface area contributed by atoms with E-state index >= 15 is 0 Å². The van der Waals surface area contributed by atoms with E-state index in [1.807, 2.05) is 61.5 Å². The van der Waals surface area contributed by atoms with Gasteiger partial charge in [0, 0.05) is 5.69 Å². The Labute approximate surface area is 125 Å². The van der Waals surface area contributed by atoms with Crippen LogP contribution in [0.2, 0.25) is 0 Å². The molecule has 3 nitrogen and oxygen atoms in total. The smallest absolute Gasteiger partial charge is 0.335 e. The summed E-state index contributed by atoms with van der Waals surface area (Å²) in [6.07, 6.45) is 0. The van der Waals surface area contributed by atoms with E-state index in [9.17, 15) is 4.79 Å². The SMILES string of the molecule is C=C(C(=O)OC)[C@H](Nc1cccc(C)c1)c1ccccc1. The van der Waals surface area contributed by atoms with Gasteiger partial charge in [0.2, 0.25) is 0 Å². The van der Waals surface area contributed by atoms with Crippen LogP contribution in [-0.2, 0) is 9.53 Å². The largest absolute Gasteiger partial charge is 0.466 e. The molecule has 0 aliphatic heterocycles. The van der Waals surface area contributed by atoms with Gasteiger partial charge in [-0.05, 0) is 30.2 Å². The van der Waals surface area contributed by atoms with Gasteiger partial charge in [0.05, 0.1) is 18.7 Å². The summed E-state index contributed by atoms with van der Waals surface area (Å²) in [5, 5.41) is 3.35. The van der Waals surface area contributed by atoms with Crippen LogP contribution < -0.4 is 5.32 Å². The van der Waals surface area contributed by atoms with Crippen LogP contribution >= 0.6 is 0 Å². The van der Waals surface area contributed by atoms with Crippen molar-refractivity contribution in [2.45, 2.75) is 13.0 Å². The fourth-order valence-electron chi connectivity index (χ4n) is 2.17. The Balaban J connectivity index is 2.32. The van der Waals surface area contributed by atoms with Crippen LogP contribution in [0.1, 0.15) is 17.2 Å². The quantitative estimate of drug-likeness (QED) is 0.667. The summed E-state index contributed by atoms with van der Waals surface area (Å²) < 4.78 is 4.80. The van der Waals surface area contributed by atoms with E-state index in [0.717, 1.165) is 16.8 Å². The minimum absolute atomic E-state index is 0.319. The molecule has 108 valence electrons. The van der Waals surface area contributed by atoms with Crippen molar-refractivity contribution in [1.82, 2.24) is 0 Å². The monoisotopic (exact) mass is 281 g/mol. The molecule has 0 fully saturated rings. The lowest BCUT2D eigenvalue weighted by molar-refractivity contribution is -0.136. The maximum absolute atomic E-state index is 11.8. The highest BCUT2D eigenvalue weighted by Crippen LogP contribution is 2.26. The topological polar surface area (TPSA) is 38.3 Å². The molecule has 0 radical (unpaired) electrons. The van der Waals surface area contributed by atoms with E-state index in [1.54, 1.807) is 0 Å². The minimum Gasteiger partial charge on any atom is -0.466 e. The van der Waals surface area contributed by atoms with E-state index in [4.69, 9.17) is 4.74 Å². The number of anilines is 1. The number of carbonyl (C=O) groups excluding carboxylic acids is 1. The van der Waals surface area contributed by atoms with Gasteiger partial charge in [0.1, 0.15) is 0 Å². The highest BCUT2D eigenvalue weighted by atomic mass is 16.5. The van der Waals surface area contributed by atoms with Crippen molar-refractivity contribution in [2.75, 3.05) is 12.4 Å². The minimum atomic E-state index is -0.413. The Morgan fingerprint density at radius 3 is 2.48 bits per heavy atom. The molecular weight excluding hydrogens is 262 g/mol. The second kappa shape index (κ2) is 6.75. The normalized spacial score (nSPS) is 11.5. The first-order valence-corrected chi connectivity index (χ1v) is 6.77. The molecule has 0 saturated carbocycles. The number of hydrogen-bond acceptors (Lipinski definition) is 3. The average Bonchev–Trinajstić information content (AvgIpc) is 2.52. The molecule has 3 heteroatoms. The Morgan fingerprint density at radius 2 is 1.86 bits per heavy atom. The van der Waals surface area contributed by atoms with Gasteiger partial charge in [0.15, 0.2) is 0 Å². The highest BCUT2D eigenvalue weighted by molar-refractivity contribution is 5.90. The van der Waals surface area contributed by atoms with Gasteiger partial charge < -0.3 is 10.1 Å². The molecule has 1 N–H and O–H groups in total. The maximum atomic E-state index is 11.8. The van der Waals surface area contributed by atoms with Gasteiger partial charge in [-0.3, -0.25) is 0 Å². The number of rotatable bonds is 5. The third-order valence-electron chi connectivity index (χ3n) is 3.26. The Kier molecular flexibility index (Phi) is 4.77. The lowest BCUT2D eigenvalue weighted by atomic mass is 9.99. The maximum Gasteiger partial charge on any atom is 0.335 e. The molecule has 2 aromatic rings. The summed E-state index contributed by atoms with van der Waals surface area (Å²) in [5.74, 6) is -0.413. The Hall–Kier alpha value is -2.55. The number of hydrogen-bond donors (Lipinski definition) is 1. The molecule has 2 rings (SSSR count). The molecule has 2 aromatic carbocycles. The Bertz CT molecular complexity index is 635. The predicted octanol–water partition coefficient (Wildman–Crippen LogP) is 3.88. The second-order valence-corrected chi connectivity index (χ2v) is 4.87. The van der Waals surface area contributed by atoms with Gasteiger partial charge >= 0.3 is 5.97 Å². The molecule has 0 bridgehead atoms. The van der Waals surface area contributed by atoms with Crippen molar-refractivity contribution in [1.29, 1.82) is 0 Å². The van der Waals surface area contributed by atoms with Crippen molar-refractivity contribution in [3.8, 4) is 0 Å². The lowest BCUT2D eigenvalue weighted by Crippen LogP contribution is -2.19. The fourth-order valence-corrected chi connectivity index (χ4v) is 2.17. The van der Waals surface area contributed by atoms with Crippen LogP contribution in [0.25, 0.3) is 0 Å². The lowest BCUT2D eigenvalue weighted by Gasteiger charge is -2.21. The average molecular weight is 281 g/mol. The van der Waals surface area contributed by atoms with Gasteiger partial charge in [-0.2, -0.15) is 0 Å². The summed E-state index contributed by atoms with van der Waals surface area (Å²) in [6.45, 7) is 5.91. The van der Waals surface area contributed by atoms with Gasteiger partial charge in [0.25, 0.3) is 0 Å². The van der Waals surface area contributed by atoms with Crippen molar-refractivity contribution in [2.24, 2.45) is 0 Å². The van der Waals surface area contributed by atoms with Crippen molar-refractivity contribution in [3.63, 3.8) is 0 Å². The van der Waals surface area contributed by atoms with Crippen LogP contribution in [0.5, 0.6) is 0 Å². The first kappa shape index (κ1) is 14.9.